The smallest absolute Gasteiger partial charge is 0.345 e. The summed E-state index contributed by atoms with van der Waals surface area (Å²) in [6.45, 7) is 3.75. The maximum Gasteiger partial charge on any atom is 0.377 e. The van der Waals surface area contributed by atoms with E-state index in [1.54, 1.807) is 0 Å². The molecule has 0 aliphatic carbocycles. The second kappa shape index (κ2) is 4.71. The Kier molecular flexibility index (Phi) is 4.26. The first kappa shape index (κ1) is 9.94. The molecule has 0 aromatic heterocycles. The molecule has 4 nitrogen and oxygen atoms in total. The Morgan fingerprint density at radius 1 is 1.55 bits per heavy atom. The number of hydrogen-bond donors (Lipinski definition) is 1. The minimum atomic E-state index is -1.23. The highest BCUT2D eigenvalue weighted by molar-refractivity contribution is 5.75. The lowest BCUT2D eigenvalue weighted by Crippen LogP contribution is -2.36. The molecule has 1 atom stereocenters. The van der Waals surface area contributed by atoms with Crippen molar-refractivity contribution < 1.29 is 14.7 Å². The van der Waals surface area contributed by atoms with Crippen LogP contribution >= 0.6 is 0 Å². The topological polar surface area (TPSA) is 66.1 Å². The van der Waals surface area contributed by atoms with E-state index in [9.17, 15) is 14.7 Å². The van der Waals surface area contributed by atoms with Gasteiger partial charge in [-0.15, -0.1) is 0 Å². The molecule has 0 heterocycles. The standard InChI is InChI=1S/C7H12NO3/c1-5(2)3-6(7(10)11)8-4-9/h4-6H,3H2,1-2H3,(H,8,9)/t6-/m0/s1. The Hall–Kier alpha value is -1.06. The first-order valence-corrected chi connectivity index (χ1v) is 3.48. The number of rotatable bonds is 5. The van der Waals surface area contributed by atoms with Crippen LogP contribution in [0, 0.1) is 5.92 Å². The zero-order valence-electron chi connectivity index (χ0n) is 6.66. The summed E-state index contributed by atoms with van der Waals surface area (Å²) in [5, 5.41) is 12.5. The van der Waals surface area contributed by atoms with Crippen LogP contribution in [-0.4, -0.2) is 18.4 Å². The number of hydrogen-bond acceptors (Lipinski definition) is 2. The molecule has 4 heteroatoms. The van der Waals surface area contributed by atoms with Crippen molar-refractivity contribution in [3.05, 3.63) is 0 Å². The molecule has 0 aliphatic rings. The predicted molar refractivity (Wildman–Crippen MR) is 38.1 cm³/mol. The molecule has 11 heavy (non-hydrogen) atoms. The third kappa shape index (κ3) is 4.36. The highest BCUT2D eigenvalue weighted by atomic mass is 16.4. The Labute approximate surface area is 65.6 Å². The van der Waals surface area contributed by atoms with Crippen LogP contribution in [0.4, 0.5) is 0 Å². The van der Waals surface area contributed by atoms with Gasteiger partial charge in [0.1, 0.15) is 6.04 Å². The summed E-state index contributed by atoms with van der Waals surface area (Å²) in [5.41, 5.74) is 0. The fourth-order valence-electron chi connectivity index (χ4n) is 0.786. The second-order valence-electron chi connectivity index (χ2n) is 2.79. The summed E-state index contributed by atoms with van der Waals surface area (Å²) < 4.78 is 0. The Morgan fingerprint density at radius 3 is 2.36 bits per heavy atom. The van der Waals surface area contributed by atoms with Crippen molar-refractivity contribution in [2.24, 2.45) is 5.92 Å². The summed E-state index contributed by atoms with van der Waals surface area (Å²) in [6, 6.07) is -0.854. The van der Waals surface area contributed by atoms with Gasteiger partial charge in [-0.25, -0.2) is 9.90 Å². The zero-order chi connectivity index (χ0) is 8.85. The van der Waals surface area contributed by atoms with Gasteiger partial charge in [0, 0.05) is 0 Å². The van der Waals surface area contributed by atoms with Gasteiger partial charge < -0.3 is 5.32 Å². The van der Waals surface area contributed by atoms with Gasteiger partial charge in [0.25, 0.3) is 0 Å². The summed E-state index contributed by atoms with van der Waals surface area (Å²) in [5.74, 6) is -1.00. The van der Waals surface area contributed by atoms with E-state index in [-0.39, 0.29) is 5.92 Å². The van der Waals surface area contributed by atoms with E-state index in [4.69, 9.17) is 0 Å². The molecule has 0 saturated heterocycles. The average molecular weight is 158 g/mol. The number of nitrogens with one attached hydrogen (secondary N) is 1. The van der Waals surface area contributed by atoms with Gasteiger partial charge in [-0.2, -0.15) is 0 Å². The molecule has 1 radical (unpaired) electrons. The predicted octanol–water partition coefficient (Wildman–Crippen LogP) is 0.104. The molecule has 0 fully saturated rings. The third-order valence-corrected chi connectivity index (χ3v) is 1.26. The van der Waals surface area contributed by atoms with Crippen LogP contribution in [-0.2, 0) is 14.7 Å². The molecule has 0 aliphatic heterocycles. The quantitative estimate of drug-likeness (QED) is 0.577. The van der Waals surface area contributed by atoms with Crippen molar-refractivity contribution in [2.45, 2.75) is 26.3 Å². The van der Waals surface area contributed by atoms with E-state index in [0.717, 1.165) is 0 Å². The van der Waals surface area contributed by atoms with Crippen LogP contribution in [0.1, 0.15) is 20.3 Å². The van der Waals surface area contributed by atoms with Crippen LogP contribution < -0.4 is 5.32 Å². The second-order valence-corrected chi connectivity index (χ2v) is 2.79. The Balaban J connectivity index is 3.88. The van der Waals surface area contributed by atoms with Crippen molar-refractivity contribution in [3.63, 3.8) is 0 Å². The minimum Gasteiger partial charge on any atom is -0.345 e. The SMILES string of the molecule is CC(C)C[C@H](NC=O)C([O])=O. The molecule has 0 rings (SSSR count). The molecular formula is C7H12NO3. The minimum absolute atomic E-state index is 0.227. The highest BCUT2D eigenvalue weighted by Crippen LogP contribution is 2.03. The van der Waals surface area contributed by atoms with Gasteiger partial charge in [-0.05, 0) is 12.3 Å². The highest BCUT2D eigenvalue weighted by Gasteiger charge is 2.18. The van der Waals surface area contributed by atoms with E-state index < -0.39 is 12.0 Å². The summed E-state index contributed by atoms with van der Waals surface area (Å²) in [6.07, 6.45) is 0.782. The third-order valence-electron chi connectivity index (χ3n) is 1.26. The summed E-state index contributed by atoms with van der Waals surface area (Å²) in [4.78, 5) is 20.2. The summed E-state index contributed by atoms with van der Waals surface area (Å²) >= 11 is 0. The molecule has 0 bridgehead atoms. The maximum absolute atomic E-state index is 10.3. The van der Waals surface area contributed by atoms with Gasteiger partial charge in [0.2, 0.25) is 6.41 Å². The monoisotopic (exact) mass is 158 g/mol. The summed E-state index contributed by atoms with van der Waals surface area (Å²) in [7, 11) is 0. The van der Waals surface area contributed by atoms with Crippen LogP contribution in [0.2, 0.25) is 0 Å². The van der Waals surface area contributed by atoms with E-state index in [2.05, 4.69) is 5.32 Å². The van der Waals surface area contributed by atoms with Crippen molar-refractivity contribution >= 4 is 12.4 Å². The van der Waals surface area contributed by atoms with Crippen molar-refractivity contribution in [1.82, 2.24) is 5.32 Å². The van der Waals surface area contributed by atoms with Crippen LogP contribution in [0.5, 0.6) is 0 Å². The normalized spacial score (nSPS) is 12.6. The number of carbonyl (C=O) groups is 2. The molecule has 0 aromatic carbocycles. The van der Waals surface area contributed by atoms with Crippen LogP contribution in [0.15, 0.2) is 0 Å². The van der Waals surface area contributed by atoms with Gasteiger partial charge in [0.15, 0.2) is 0 Å². The van der Waals surface area contributed by atoms with Crippen molar-refractivity contribution in [2.75, 3.05) is 0 Å². The molecule has 1 amide bonds. The molecule has 0 saturated carbocycles. The molecular weight excluding hydrogens is 146 g/mol. The number of amides is 1. The largest absolute Gasteiger partial charge is 0.377 e. The molecule has 0 spiro atoms. The molecule has 0 aromatic rings. The first-order chi connectivity index (χ1) is 5.07. The lowest BCUT2D eigenvalue weighted by Gasteiger charge is -2.11. The lowest BCUT2D eigenvalue weighted by molar-refractivity contribution is -0.147. The van der Waals surface area contributed by atoms with Crippen LogP contribution in [0.25, 0.3) is 0 Å². The lowest BCUT2D eigenvalue weighted by atomic mass is 10.0. The fourth-order valence-corrected chi connectivity index (χ4v) is 0.786. The molecule has 63 valence electrons. The van der Waals surface area contributed by atoms with E-state index in [0.29, 0.717) is 12.8 Å². The fraction of sp³-hybridized carbons (Fsp3) is 0.714. The molecule has 1 N–H and O–H groups in total. The van der Waals surface area contributed by atoms with E-state index in [1.165, 1.54) is 0 Å². The Morgan fingerprint density at radius 2 is 2.09 bits per heavy atom. The van der Waals surface area contributed by atoms with Crippen molar-refractivity contribution in [1.29, 1.82) is 0 Å². The van der Waals surface area contributed by atoms with E-state index >= 15 is 0 Å². The zero-order valence-corrected chi connectivity index (χ0v) is 6.66. The van der Waals surface area contributed by atoms with Gasteiger partial charge in [-0.1, -0.05) is 13.8 Å². The maximum atomic E-state index is 10.3. The number of carbonyl (C=O) groups excluding carboxylic acids is 2. The average Bonchev–Trinajstić information content (AvgIpc) is 1.86. The van der Waals surface area contributed by atoms with Crippen LogP contribution in [0.3, 0.4) is 0 Å². The van der Waals surface area contributed by atoms with Gasteiger partial charge in [0.05, 0.1) is 0 Å². The Bertz CT molecular complexity index is 145. The van der Waals surface area contributed by atoms with Gasteiger partial charge >= 0.3 is 5.97 Å². The van der Waals surface area contributed by atoms with Gasteiger partial charge in [-0.3, -0.25) is 4.79 Å². The first-order valence-electron chi connectivity index (χ1n) is 3.48. The van der Waals surface area contributed by atoms with E-state index in [1.807, 2.05) is 13.8 Å². The van der Waals surface area contributed by atoms with Crippen molar-refractivity contribution in [3.8, 4) is 0 Å². The molecule has 0 unspecified atom stereocenters.